The second kappa shape index (κ2) is 5.89. The third kappa shape index (κ3) is 3.35. The highest BCUT2D eigenvalue weighted by molar-refractivity contribution is 7.80. The van der Waals surface area contributed by atoms with Gasteiger partial charge in [0.25, 0.3) is 0 Å². The molecule has 1 atom stereocenters. The number of morpholine rings is 1. The van der Waals surface area contributed by atoms with Crippen LogP contribution >= 0.6 is 0 Å². The van der Waals surface area contributed by atoms with Crippen molar-refractivity contribution in [2.24, 2.45) is 0 Å². The molecule has 0 radical (unpaired) electrons. The third-order valence-corrected chi connectivity index (χ3v) is 3.32. The lowest BCUT2D eigenvalue weighted by Crippen LogP contribution is -2.36. The molecule has 6 heteroatoms. The minimum absolute atomic E-state index is 0.539. The van der Waals surface area contributed by atoms with E-state index in [1.165, 1.54) is 0 Å². The van der Waals surface area contributed by atoms with E-state index in [0.717, 1.165) is 0 Å². The average molecular weight is 252 g/mol. The Morgan fingerprint density at radius 1 is 1.29 bits per heavy atom. The zero-order valence-electron chi connectivity index (χ0n) is 9.17. The molecule has 1 fully saturated rings. The maximum absolute atomic E-state index is 11.8. The summed E-state index contributed by atoms with van der Waals surface area (Å²) in [6, 6.07) is 8.52. The first-order chi connectivity index (χ1) is 8.29. The van der Waals surface area contributed by atoms with Crippen LogP contribution in [0.15, 0.2) is 29.2 Å². The molecule has 17 heavy (non-hydrogen) atoms. The Morgan fingerprint density at radius 3 is 2.53 bits per heavy atom. The Morgan fingerprint density at radius 2 is 1.94 bits per heavy atom. The Kier molecular flexibility index (Phi) is 4.23. The molecule has 0 saturated carbocycles. The lowest BCUT2D eigenvalue weighted by molar-refractivity contribution is -0.109. The maximum atomic E-state index is 11.8. The Balaban J connectivity index is 1.96. The molecule has 0 aromatic heterocycles. The van der Waals surface area contributed by atoms with Gasteiger partial charge < -0.3 is 4.74 Å². The number of hydroxylamine groups is 2. The molecule has 90 valence electrons. The van der Waals surface area contributed by atoms with Gasteiger partial charge in [-0.25, -0.2) is 4.21 Å². The highest BCUT2D eigenvalue weighted by atomic mass is 32.2. The van der Waals surface area contributed by atoms with Crippen LogP contribution in [0.3, 0.4) is 0 Å². The largest absolute Gasteiger partial charge is 0.379 e. The fraction of sp³-hybridized carbons (Fsp3) is 0.364. The van der Waals surface area contributed by atoms with E-state index < -0.39 is 11.1 Å². The summed E-state index contributed by atoms with van der Waals surface area (Å²) in [7, 11) is 0. The number of ether oxygens (including phenoxy) is 1. The van der Waals surface area contributed by atoms with Crippen molar-refractivity contribution in [3.63, 3.8) is 0 Å². The summed E-state index contributed by atoms with van der Waals surface area (Å²) in [6.45, 7) is 2.40. The van der Waals surface area contributed by atoms with Crippen molar-refractivity contribution < 1.29 is 13.2 Å². The van der Waals surface area contributed by atoms with Gasteiger partial charge in [0.1, 0.15) is 0 Å². The minimum atomic E-state index is -1.53. The maximum Gasteiger partial charge on any atom is 0.206 e. The van der Waals surface area contributed by atoms with Gasteiger partial charge in [0.05, 0.1) is 29.7 Å². The molecule has 0 spiro atoms. The van der Waals surface area contributed by atoms with Crippen molar-refractivity contribution in [2.75, 3.05) is 26.3 Å². The summed E-state index contributed by atoms with van der Waals surface area (Å²) in [5, 5.41) is 10.3. The molecule has 1 aromatic rings. The summed E-state index contributed by atoms with van der Waals surface area (Å²) >= 11 is -1.53. The summed E-state index contributed by atoms with van der Waals surface area (Å²) in [5.74, 6) is 0. The van der Waals surface area contributed by atoms with Crippen molar-refractivity contribution >= 4 is 11.1 Å². The lowest BCUT2D eigenvalue weighted by atomic mass is 10.2. The first-order valence-electron chi connectivity index (χ1n) is 5.22. The fourth-order valence-electron chi connectivity index (χ4n) is 1.40. The molecular weight excluding hydrogens is 240 g/mol. The van der Waals surface area contributed by atoms with E-state index in [0.29, 0.717) is 36.8 Å². The van der Waals surface area contributed by atoms with Gasteiger partial charge in [-0.3, -0.25) is 0 Å². The number of nitrogens with zero attached hydrogens (tertiary/aromatic N) is 2. The van der Waals surface area contributed by atoms with Gasteiger partial charge >= 0.3 is 0 Å². The van der Waals surface area contributed by atoms with Crippen molar-refractivity contribution in [3.05, 3.63) is 29.8 Å². The lowest BCUT2D eigenvalue weighted by Gasteiger charge is -2.24. The van der Waals surface area contributed by atoms with E-state index >= 15 is 0 Å². The van der Waals surface area contributed by atoms with Gasteiger partial charge in [0.2, 0.25) is 11.1 Å². The Bertz CT molecular complexity index is 435. The van der Waals surface area contributed by atoms with Crippen LogP contribution in [0, 0.1) is 11.3 Å². The quantitative estimate of drug-likeness (QED) is 0.798. The minimum Gasteiger partial charge on any atom is -0.379 e. The molecule has 1 aliphatic heterocycles. The van der Waals surface area contributed by atoms with Crippen LogP contribution < -0.4 is 0 Å². The number of hydrogen-bond acceptors (Lipinski definition) is 5. The molecule has 0 N–H and O–H groups in total. The molecule has 1 heterocycles. The second-order valence-corrected chi connectivity index (χ2v) is 4.58. The van der Waals surface area contributed by atoms with E-state index in [4.69, 9.17) is 14.3 Å². The van der Waals surface area contributed by atoms with Crippen molar-refractivity contribution in [1.29, 1.82) is 5.26 Å². The summed E-state index contributed by atoms with van der Waals surface area (Å²) in [4.78, 5) is 0.551. The normalized spacial score (nSPS) is 18.5. The second-order valence-electron chi connectivity index (χ2n) is 3.49. The van der Waals surface area contributed by atoms with Gasteiger partial charge in [-0.15, -0.1) is 0 Å². The molecule has 2 rings (SSSR count). The molecule has 1 aliphatic rings. The van der Waals surface area contributed by atoms with Crippen LogP contribution in [-0.4, -0.2) is 35.6 Å². The standard InChI is InChI=1S/C11H12N2O3S/c12-9-10-1-3-11(4-2-10)17(14)16-13-5-7-15-8-6-13/h1-4H,5-8H2. The SMILES string of the molecule is N#Cc1ccc(S(=O)ON2CCOCC2)cc1. The van der Waals surface area contributed by atoms with Gasteiger partial charge in [0, 0.05) is 13.1 Å². The number of rotatable bonds is 3. The summed E-state index contributed by atoms with van der Waals surface area (Å²) < 4.78 is 22.3. The average Bonchev–Trinajstić information content (AvgIpc) is 2.40. The molecule has 1 aromatic carbocycles. The van der Waals surface area contributed by atoms with Crippen LogP contribution in [0.5, 0.6) is 0 Å². The predicted octanol–water partition coefficient (Wildman–Crippen LogP) is 0.845. The van der Waals surface area contributed by atoms with Crippen molar-refractivity contribution in [2.45, 2.75) is 4.90 Å². The Hall–Kier alpha value is -1.26. The molecule has 5 nitrogen and oxygen atoms in total. The van der Waals surface area contributed by atoms with Crippen molar-refractivity contribution in [3.8, 4) is 6.07 Å². The molecule has 0 amide bonds. The van der Waals surface area contributed by atoms with Gasteiger partial charge in [-0.05, 0) is 24.3 Å². The third-order valence-electron chi connectivity index (χ3n) is 2.32. The van der Waals surface area contributed by atoms with Crippen LogP contribution in [0.25, 0.3) is 0 Å². The topological polar surface area (TPSA) is 62.6 Å². The molecule has 0 aliphatic carbocycles. The first kappa shape index (κ1) is 12.2. The molecular formula is C11H12N2O3S. The zero-order chi connectivity index (χ0) is 12.1. The van der Waals surface area contributed by atoms with Crippen molar-refractivity contribution in [1.82, 2.24) is 5.06 Å². The molecule has 0 bridgehead atoms. The zero-order valence-corrected chi connectivity index (χ0v) is 9.98. The fourth-order valence-corrected chi connectivity index (χ4v) is 2.19. The van der Waals surface area contributed by atoms with E-state index in [9.17, 15) is 4.21 Å². The highest BCUT2D eigenvalue weighted by Gasteiger charge is 2.15. The number of benzene rings is 1. The van der Waals surface area contributed by atoms with E-state index in [1.807, 2.05) is 6.07 Å². The van der Waals surface area contributed by atoms with Crippen LogP contribution in [0.2, 0.25) is 0 Å². The molecule has 1 saturated heterocycles. The van der Waals surface area contributed by atoms with Gasteiger partial charge in [0.15, 0.2) is 0 Å². The van der Waals surface area contributed by atoms with Crippen LogP contribution in [-0.2, 0) is 20.1 Å². The number of hydrogen-bond donors (Lipinski definition) is 0. The van der Waals surface area contributed by atoms with E-state index in [1.54, 1.807) is 29.3 Å². The molecule has 1 unspecified atom stereocenters. The number of nitriles is 1. The van der Waals surface area contributed by atoms with Gasteiger partial charge in [-0.1, -0.05) is 0 Å². The smallest absolute Gasteiger partial charge is 0.206 e. The van der Waals surface area contributed by atoms with Gasteiger partial charge in [-0.2, -0.15) is 14.6 Å². The Labute approximate surface area is 102 Å². The highest BCUT2D eigenvalue weighted by Crippen LogP contribution is 2.11. The van der Waals surface area contributed by atoms with Crippen LogP contribution in [0.4, 0.5) is 0 Å². The van der Waals surface area contributed by atoms with E-state index in [-0.39, 0.29) is 0 Å². The predicted molar refractivity (Wildman–Crippen MR) is 61.0 cm³/mol. The van der Waals surface area contributed by atoms with E-state index in [2.05, 4.69) is 0 Å². The summed E-state index contributed by atoms with van der Waals surface area (Å²) in [5.41, 5.74) is 0.539. The van der Waals surface area contributed by atoms with Crippen LogP contribution in [0.1, 0.15) is 5.56 Å². The first-order valence-corrected chi connectivity index (χ1v) is 6.30. The monoisotopic (exact) mass is 252 g/mol. The summed E-state index contributed by atoms with van der Waals surface area (Å²) in [6.07, 6.45) is 0.